The zero-order valence-corrected chi connectivity index (χ0v) is 14.6. The third kappa shape index (κ3) is 5.55. The van der Waals surface area contributed by atoms with E-state index in [9.17, 15) is 9.90 Å². The molecule has 0 unspecified atom stereocenters. The molecule has 3 N–H and O–H groups in total. The highest BCUT2D eigenvalue weighted by Gasteiger charge is 2.14. The van der Waals surface area contributed by atoms with Crippen LogP contribution in [0.4, 0.5) is 10.5 Å². The third-order valence-corrected chi connectivity index (χ3v) is 3.60. The van der Waals surface area contributed by atoms with Gasteiger partial charge in [0.1, 0.15) is 6.61 Å². The van der Waals surface area contributed by atoms with Gasteiger partial charge in [0, 0.05) is 11.8 Å². The Labute approximate surface area is 151 Å². The Balaban J connectivity index is 2.04. The molecule has 0 fully saturated rings. The number of amides is 2. The first kappa shape index (κ1) is 18.9. The molecule has 0 aromatic heterocycles. The van der Waals surface area contributed by atoms with Crippen molar-refractivity contribution in [2.24, 2.45) is 0 Å². The van der Waals surface area contributed by atoms with Gasteiger partial charge in [-0.25, -0.2) is 4.79 Å². The molecule has 0 radical (unpaired) electrons. The van der Waals surface area contributed by atoms with Crippen molar-refractivity contribution in [2.45, 2.75) is 6.04 Å². The normalized spacial score (nSPS) is 11.5. The Hall–Kier alpha value is -2.44. The summed E-state index contributed by atoms with van der Waals surface area (Å²) in [6, 6.07) is 13.4. The number of carbonyl (C=O) groups excluding carboxylic acids is 1. The number of nitrogens with one attached hydrogen (secondary N) is 2. The lowest BCUT2D eigenvalue weighted by Gasteiger charge is -2.18. The molecule has 2 aromatic rings. The fraction of sp³-hybridized carbons (Fsp3) is 0.278. The molecule has 134 valence electrons. The second-order valence-corrected chi connectivity index (χ2v) is 5.53. The quantitative estimate of drug-likeness (QED) is 0.628. The van der Waals surface area contributed by atoms with Crippen molar-refractivity contribution in [1.82, 2.24) is 5.32 Å². The molecule has 7 heteroatoms. The summed E-state index contributed by atoms with van der Waals surface area (Å²) in [5.41, 5.74) is 1.36. The number of carbonyl (C=O) groups is 1. The molecule has 2 rings (SSSR count). The number of hydrogen-bond acceptors (Lipinski definition) is 4. The first-order valence-electron chi connectivity index (χ1n) is 7.78. The molecular weight excluding hydrogens is 344 g/mol. The zero-order valence-electron chi connectivity index (χ0n) is 13.9. The van der Waals surface area contributed by atoms with Crippen LogP contribution < -0.4 is 20.1 Å². The Morgan fingerprint density at radius 1 is 1.20 bits per heavy atom. The number of alkyl halides is 1. The molecule has 0 aliphatic carbocycles. The second kappa shape index (κ2) is 9.76. The molecular formula is C18H21ClN2O4. The molecule has 1 atom stereocenters. The van der Waals surface area contributed by atoms with Crippen LogP contribution in [-0.2, 0) is 0 Å². The number of aliphatic hydroxyl groups excluding tert-OH is 1. The Kier molecular flexibility index (Phi) is 7.37. The van der Waals surface area contributed by atoms with Crippen molar-refractivity contribution in [3.8, 4) is 11.5 Å². The lowest BCUT2D eigenvalue weighted by Crippen LogP contribution is -2.34. The van der Waals surface area contributed by atoms with Gasteiger partial charge in [0.15, 0.2) is 11.5 Å². The molecule has 0 aliphatic heterocycles. The number of anilines is 1. The van der Waals surface area contributed by atoms with Crippen molar-refractivity contribution in [3.05, 3.63) is 54.1 Å². The summed E-state index contributed by atoms with van der Waals surface area (Å²) in [5, 5.41) is 15.0. The number of aliphatic hydroxyl groups is 1. The standard InChI is InChI=1S/C18H21ClN2O4/c1-24-16-8-7-14(11-17(16)25-10-9-19)20-18(23)21-15(12-22)13-5-3-2-4-6-13/h2-8,11,15,22H,9-10,12H2,1H3,(H2,20,21,23)/t15-/m0/s1. The van der Waals surface area contributed by atoms with Crippen molar-refractivity contribution in [1.29, 1.82) is 0 Å². The number of rotatable bonds is 8. The van der Waals surface area contributed by atoms with Crippen LogP contribution in [0, 0.1) is 0 Å². The predicted molar refractivity (Wildman–Crippen MR) is 97.6 cm³/mol. The maximum atomic E-state index is 12.2. The van der Waals surface area contributed by atoms with E-state index in [1.807, 2.05) is 30.3 Å². The minimum absolute atomic E-state index is 0.204. The van der Waals surface area contributed by atoms with Gasteiger partial charge in [-0.05, 0) is 17.7 Å². The molecule has 0 aliphatic rings. The van der Waals surface area contributed by atoms with E-state index in [2.05, 4.69) is 10.6 Å². The van der Waals surface area contributed by atoms with Crippen LogP contribution in [0.1, 0.15) is 11.6 Å². The fourth-order valence-electron chi connectivity index (χ4n) is 2.26. The second-order valence-electron chi connectivity index (χ2n) is 5.15. The molecule has 0 spiro atoms. The van der Waals surface area contributed by atoms with E-state index < -0.39 is 12.1 Å². The number of halogens is 1. The van der Waals surface area contributed by atoms with Crippen LogP contribution in [0.3, 0.4) is 0 Å². The van der Waals surface area contributed by atoms with Gasteiger partial charge < -0.3 is 25.2 Å². The van der Waals surface area contributed by atoms with Crippen LogP contribution in [0.2, 0.25) is 0 Å². The predicted octanol–water partition coefficient (Wildman–Crippen LogP) is 3.17. The zero-order chi connectivity index (χ0) is 18.1. The summed E-state index contributed by atoms with van der Waals surface area (Å²) < 4.78 is 10.7. The number of hydrogen-bond donors (Lipinski definition) is 3. The summed E-state index contributed by atoms with van der Waals surface area (Å²) in [6.45, 7) is 0.123. The summed E-state index contributed by atoms with van der Waals surface area (Å²) in [4.78, 5) is 12.2. The van der Waals surface area contributed by atoms with E-state index in [1.165, 1.54) is 7.11 Å². The molecule has 6 nitrogen and oxygen atoms in total. The monoisotopic (exact) mass is 364 g/mol. The lowest BCUT2D eigenvalue weighted by atomic mass is 10.1. The van der Waals surface area contributed by atoms with Crippen LogP contribution in [0.5, 0.6) is 11.5 Å². The van der Waals surface area contributed by atoms with E-state index in [4.69, 9.17) is 21.1 Å². The highest BCUT2D eigenvalue weighted by atomic mass is 35.5. The third-order valence-electron chi connectivity index (χ3n) is 3.45. The van der Waals surface area contributed by atoms with E-state index in [0.29, 0.717) is 29.7 Å². The highest BCUT2D eigenvalue weighted by Crippen LogP contribution is 2.30. The van der Waals surface area contributed by atoms with Gasteiger partial charge in [0.25, 0.3) is 0 Å². The average Bonchev–Trinajstić information content (AvgIpc) is 2.65. The number of ether oxygens (including phenoxy) is 2. The Bertz CT molecular complexity index is 682. The smallest absolute Gasteiger partial charge is 0.319 e. The van der Waals surface area contributed by atoms with Gasteiger partial charge in [-0.15, -0.1) is 11.6 Å². The molecule has 0 saturated heterocycles. The molecule has 2 amide bonds. The lowest BCUT2D eigenvalue weighted by molar-refractivity contribution is 0.225. The summed E-state index contributed by atoms with van der Waals surface area (Å²) in [7, 11) is 1.54. The molecule has 25 heavy (non-hydrogen) atoms. The maximum absolute atomic E-state index is 12.2. The molecule has 0 heterocycles. The summed E-state index contributed by atoms with van der Waals surface area (Å²) >= 11 is 5.63. The van der Waals surface area contributed by atoms with Crippen LogP contribution in [-0.4, -0.2) is 37.3 Å². The molecule has 2 aromatic carbocycles. The van der Waals surface area contributed by atoms with Crippen molar-refractivity contribution in [3.63, 3.8) is 0 Å². The van der Waals surface area contributed by atoms with Crippen molar-refractivity contribution < 1.29 is 19.4 Å². The number of urea groups is 1. The van der Waals surface area contributed by atoms with E-state index >= 15 is 0 Å². The maximum Gasteiger partial charge on any atom is 0.319 e. The molecule has 0 saturated carbocycles. The highest BCUT2D eigenvalue weighted by molar-refractivity contribution is 6.18. The van der Waals surface area contributed by atoms with Gasteiger partial charge in [0.05, 0.1) is 25.6 Å². The van der Waals surface area contributed by atoms with Gasteiger partial charge in [0.2, 0.25) is 0 Å². The minimum Gasteiger partial charge on any atom is -0.493 e. The van der Waals surface area contributed by atoms with Gasteiger partial charge in [-0.2, -0.15) is 0 Å². The number of benzene rings is 2. The van der Waals surface area contributed by atoms with Gasteiger partial charge >= 0.3 is 6.03 Å². The molecule has 0 bridgehead atoms. The Morgan fingerprint density at radius 2 is 1.96 bits per heavy atom. The topological polar surface area (TPSA) is 79.8 Å². The van der Waals surface area contributed by atoms with Gasteiger partial charge in [-0.3, -0.25) is 0 Å². The first-order valence-corrected chi connectivity index (χ1v) is 8.31. The summed E-state index contributed by atoms with van der Waals surface area (Å²) in [6.07, 6.45) is 0. The fourth-order valence-corrected chi connectivity index (χ4v) is 2.34. The van der Waals surface area contributed by atoms with Crippen LogP contribution in [0.25, 0.3) is 0 Å². The van der Waals surface area contributed by atoms with Gasteiger partial charge in [-0.1, -0.05) is 30.3 Å². The number of methoxy groups -OCH3 is 1. The first-order chi connectivity index (χ1) is 12.2. The summed E-state index contributed by atoms with van der Waals surface area (Å²) in [5.74, 6) is 1.38. The Morgan fingerprint density at radius 3 is 2.60 bits per heavy atom. The SMILES string of the molecule is COc1ccc(NC(=O)N[C@@H](CO)c2ccccc2)cc1OCCCl. The minimum atomic E-state index is -0.494. The average molecular weight is 365 g/mol. The van der Waals surface area contributed by atoms with E-state index in [0.717, 1.165) is 5.56 Å². The van der Waals surface area contributed by atoms with Crippen LogP contribution >= 0.6 is 11.6 Å². The van der Waals surface area contributed by atoms with E-state index in [-0.39, 0.29) is 6.61 Å². The van der Waals surface area contributed by atoms with E-state index in [1.54, 1.807) is 18.2 Å². The largest absolute Gasteiger partial charge is 0.493 e. The van der Waals surface area contributed by atoms with Crippen molar-refractivity contribution >= 4 is 23.3 Å². The van der Waals surface area contributed by atoms with Crippen LogP contribution in [0.15, 0.2) is 48.5 Å². The van der Waals surface area contributed by atoms with Crippen molar-refractivity contribution in [2.75, 3.05) is 31.5 Å².